The lowest BCUT2D eigenvalue weighted by Gasteiger charge is -2.24. The molecule has 0 rings (SSSR count). The zero-order chi connectivity index (χ0) is 40.0. The molecule has 0 aromatic rings. The molecule has 0 amide bonds. The number of quaternary nitrogens is 1. The monoisotopic (exact) mass is 783 g/mol. The molecule has 9 nitrogen and oxygen atoms in total. The summed E-state index contributed by atoms with van der Waals surface area (Å²) in [5, 5.41) is 0. The van der Waals surface area contributed by atoms with Gasteiger partial charge in [0.1, 0.15) is 19.8 Å². The van der Waals surface area contributed by atoms with Gasteiger partial charge in [0.25, 0.3) is 0 Å². The van der Waals surface area contributed by atoms with E-state index in [-0.39, 0.29) is 32.0 Å². The van der Waals surface area contributed by atoms with Gasteiger partial charge in [0, 0.05) is 12.8 Å². The molecule has 0 saturated heterocycles. The molecular weight excluding hydrogens is 701 g/mol. The third-order valence-corrected chi connectivity index (χ3v) is 9.87. The number of hydrogen-bond acceptors (Lipinski definition) is 7. The maximum absolute atomic E-state index is 12.7. The highest BCUT2D eigenvalue weighted by atomic mass is 31.2. The molecule has 0 bridgehead atoms. The molecule has 0 aliphatic rings. The Morgan fingerprint density at radius 3 is 1.43 bits per heavy atom. The molecule has 0 saturated carbocycles. The van der Waals surface area contributed by atoms with Gasteiger partial charge in [-0.1, -0.05) is 140 Å². The molecule has 0 radical (unpaired) electrons. The highest BCUT2D eigenvalue weighted by Crippen LogP contribution is 2.43. The van der Waals surface area contributed by atoms with Crippen molar-refractivity contribution in [3.63, 3.8) is 0 Å². The lowest BCUT2D eigenvalue weighted by molar-refractivity contribution is -0.870. The number of phosphoric ester groups is 1. The number of carbonyl (C=O) groups is 2. The maximum atomic E-state index is 12.7. The van der Waals surface area contributed by atoms with Crippen LogP contribution in [0.5, 0.6) is 0 Å². The Bertz CT molecular complexity index is 1070. The Hall–Kier alpha value is -2.03. The number of unbranched alkanes of at least 4 members (excludes halogenated alkanes) is 18. The molecule has 1 N–H and O–H groups in total. The molecule has 54 heavy (non-hydrogen) atoms. The Balaban J connectivity index is 4.45. The summed E-state index contributed by atoms with van der Waals surface area (Å²) < 4.78 is 34.2. The van der Waals surface area contributed by atoms with E-state index in [9.17, 15) is 19.0 Å². The van der Waals surface area contributed by atoms with Crippen LogP contribution >= 0.6 is 7.82 Å². The van der Waals surface area contributed by atoms with E-state index in [2.05, 4.69) is 62.5 Å². The van der Waals surface area contributed by atoms with Gasteiger partial charge in [-0.2, -0.15) is 0 Å². The largest absolute Gasteiger partial charge is 0.472 e. The summed E-state index contributed by atoms with van der Waals surface area (Å²) in [4.78, 5) is 35.3. The topological polar surface area (TPSA) is 108 Å². The number of carbonyl (C=O) groups excluding carboxylic acids is 2. The highest BCUT2D eigenvalue weighted by molar-refractivity contribution is 7.47. The van der Waals surface area contributed by atoms with E-state index in [1.54, 1.807) is 0 Å². The molecule has 0 aliphatic heterocycles. The average Bonchev–Trinajstić information content (AvgIpc) is 3.12. The predicted molar refractivity (Wildman–Crippen MR) is 224 cm³/mol. The van der Waals surface area contributed by atoms with Crippen LogP contribution in [0, 0.1) is 0 Å². The van der Waals surface area contributed by atoms with E-state index in [0.717, 1.165) is 83.5 Å². The van der Waals surface area contributed by atoms with Gasteiger partial charge in [0.2, 0.25) is 0 Å². The van der Waals surface area contributed by atoms with Crippen LogP contribution in [0.1, 0.15) is 168 Å². The van der Waals surface area contributed by atoms with Crippen LogP contribution in [0.25, 0.3) is 0 Å². The van der Waals surface area contributed by atoms with Gasteiger partial charge in [0.05, 0.1) is 27.7 Å². The molecule has 1 unspecified atom stereocenters. The molecule has 0 spiro atoms. The summed E-state index contributed by atoms with van der Waals surface area (Å²) in [5.74, 6) is -0.837. The molecule has 2 atom stereocenters. The summed E-state index contributed by atoms with van der Waals surface area (Å²) in [6.45, 7) is 4.33. The standard InChI is InChI=1S/C44H80NO8P/c1-6-8-10-12-14-16-18-20-22-24-26-28-30-32-34-36-43(46)50-40-42(41-52-54(48,49)51-39-38-45(3,4)5)53-44(47)37-35-33-31-29-27-25-23-21-19-17-15-13-11-9-7-2/h16-23,42H,6-15,24-41H2,1-5H3/p+1/b18-16-,19-17-,22-20-,23-21-/t42-/m1/s1. The molecule has 0 aromatic carbocycles. The summed E-state index contributed by atoms with van der Waals surface area (Å²) >= 11 is 0. The van der Waals surface area contributed by atoms with Crippen molar-refractivity contribution in [2.45, 2.75) is 174 Å². The Labute approximate surface area is 331 Å². The van der Waals surface area contributed by atoms with Crippen molar-refractivity contribution in [1.82, 2.24) is 0 Å². The first-order valence-corrected chi connectivity index (χ1v) is 22.9. The van der Waals surface area contributed by atoms with E-state index in [1.807, 2.05) is 21.1 Å². The Morgan fingerprint density at radius 2 is 0.981 bits per heavy atom. The number of allylic oxidation sites excluding steroid dienone is 8. The van der Waals surface area contributed by atoms with Gasteiger partial charge in [-0.25, -0.2) is 4.57 Å². The highest BCUT2D eigenvalue weighted by Gasteiger charge is 2.27. The second kappa shape index (κ2) is 36.6. The van der Waals surface area contributed by atoms with Gasteiger partial charge in [-0.3, -0.25) is 18.6 Å². The number of ether oxygens (including phenoxy) is 2. The van der Waals surface area contributed by atoms with Crippen LogP contribution in [0.3, 0.4) is 0 Å². The molecule has 0 heterocycles. The fourth-order valence-corrected chi connectivity index (χ4v) is 6.21. The summed E-state index contributed by atoms with van der Waals surface area (Å²) in [7, 11) is 1.45. The first kappa shape index (κ1) is 52.0. The van der Waals surface area contributed by atoms with Crippen LogP contribution in [0.2, 0.25) is 0 Å². The lowest BCUT2D eigenvalue weighted by atomic mass is 10.1. The SMILES string of the molecule is CCCCCC/C=C\C=C/CCCCCCCC(=O)OC[C@H](COP(=O)(O)OCC[N+](C)(C)C)OC(=O)CCCCCCC/C=C\C=C/CCCCCC. The number of likely N-dealkylation sites (N-methyl/N-ethyl adjacent to an activating group) is 1. The summed E-state index contributed by atoms with van der Waals surface area (Å²) in [6.07, 6.45) is 41.5. The fourth-order valence-electron chi connectivity index (χ4n) is 5.46. The fraction of sp³-hybridized carbons (Fsp3) is 0.773. The van der Waals surface area contributed by atoms with Gasteiger partial charge >= 0.3 is 19.8 Å². The third kappa shape index (κ3) is 39.7. The van der Waals surface area contributed by atoms with E-state index in [0.29, 0.717) is 17.4 Å². The van der Waals surface area contributed by atoms with Crippen molar-refractivity contribution in [1.29, 1.82) is 0 Å². The number of phosphoric acid groups is 1. The van der Waals surface area contributed by atoms with Gasteiger partial charge in [-0.15, -0.1) is 0 Å². The van der Waals surface area contributed by atoms with Gasteiger partial charge in [-0.05, 0) is 64.2 Å². The normalized spacial score (nSPS) is 14.1. The van der Waals surface area contributed by atoms with Crippen LogP contribution in [0.15, 0.2) is 48.6 Å². The zero-order valence-electron chi connectivity index (χ0n) is 35.2. The number of nitrogens with zero attached hydrogens (tertiary/aromatic N) is 1. The van der Waals surface area contributed by atoms with E-state index in [1.165, 1.54) is 51.4 Å². The van der Waals surface area contributed by atoms with Crippen molar-refractivity contribution < 1.29 is 42.1 Å². The first-order chi connectivity index (χ1) is 26.0. The molecule has 10 heteroatoms. The van der Waals surface area contributed by atoms with Crippen LogP contribution in [-0.4, -0.2) is 74.9 Å². The lowest BCUT2D eigenvalue weighted by Crippen LogP contribution is -2.37. The minimum Gasteiger partial charge on any atom is -0.462 e. The van der Waals surface area contributed by atoms with Crippen molar-refractivity contribution >= 4 is 19.8 Å². The number of rotatable bonds is 38. The first-order valence-electron chi connectivity index (χ1n) is 21.4. The second-order valence-corrected chi connectivity index (χ2v) is 16.9. The van der Waals surface area contributed by atoms with E-state index < -0.39 is 26.5 Å². The minimum atomic E-state index is -4.38. The van der Waals surface area contributed by atoms with Crippen molar-refractivity contribution in [2.24, 2.45) is 0 Å². The Morgan fingerprint density at radius 1 is 0.574 bits per heavy atom. The quantitative estimate of drug-likeness (QED) is 0.0217. The third-order valence-electron chi connectivity index (χ3n) is 8.89. The number of esters is 2. The smallest absolute Gasteiger partial charge is 0.462 e. The predicted octanol–water partition coefficient (Wildman–Crippen LogP) is 11.9. The van der Waals surface area contributed by atoms with Crippen molar-refractivity contribution in [3.8, 4) is 0 Å². The van der Waals surface area contributed by atoms with E-state index >= 15 is 0 Å². The molecule has 0 fully saturated rings. The molecule has 0 aromatic heterocycles. The van der Waals surface area contributed by atoms with Gasteiger partial charge in [0.15, 0.2) is 6.10 Å². The molecular formula is C44H81NO8P+. The van der Waals surface area contributed by atoms with Crippen molar-refractivity contribution in [2.75, 3.05) is 47.5 Å². The van der Waals surface area contributed by atoms with Gasteiger partial charge < -0.3 is 18.9 Å². The number of hydrogen-bond donors (Lipinski definition) is 1. The van der Waals surface area contributed by atoms with Crippen molar-refractivity contribution in [3.05, 3.63) is 48.6 Å². The minimum absolute atomic E-state index is 0.0244. The molecule has 314 valence electrons. The molecule has 0 aliphatic carbocycles. The van der Waals surface area contributed by atoms with E-state index in [4.69, 9.17) is 18.5 Å². The van der Waals surface area contributed by atoms with Crippen LogP contribution in [-0.2, 0) is 32.7 Å². The Kier molecular flexibility index (Phi) is 35.2. The second-order valence-electron chi connectivity index (χ2n) is 15.4. The van der Waals surface area contributed by atoms with Crippen LogP contribution in [0.4, 0.5) is 0 Å². The average molecular weight is 783 g/mol. The maximum Gasteiger partial charge on any atom is 0.472 e. The summed E-state index contributed by atoms with van der Waals surface area (Å²) in [6, 6.07) is 0. The summed E-state index contributed by atoms with van der Waals surface area (Å²) in [5.41, 5.74) is 0. The zero-order valence-corrected chi connectivity index (χ0v) is 36.1. The van der Waals surface area contributed by atoms with Crippen LogP contribution < -0.4 is 0 Å².